The monoisotopic (exact) mass is 299 g/mol. The van der Waals surface area contributed by atoms with E-state index in [0.717, 1.165) is 4.88 Å². The number of carboxylic acid groups (broad SMARTS) is 1. The summed E-state index contributed by atoms with van der Waals surface area (Å²) in [5.74, 6) is -1.80. The van der Waals surface area contributed by atoms with Gasteiger partial charge < -0.3 is 21.5 Å². The van der Waals surface area contributed by atoms with Crippen LogP contribution in [-0.2, 0) is 16.0 Å². The van der Waals surface area contributed by atoms with Crippen LogP contribution in [0.3, 0.4) is 0 Å². The zero-order chi connectivity index (χ0) is 15.0. The molecule has 0 saturated carbocycles. The molecule has 0 aliphatic carbocycles. The summed E-state index contributed by atoms with van der Waals surface area (Å²) in [5.41, 5.74) is 4.95. The fourth-order valence-corrected chi connectivity index (χ4v) is 2.22. The van der Waals surface area contributed by atoms with Gasteiger partial charge in [-0.3, -0.25) is 4.79 Å². The molecular formula is C12H17N3O4S. The van der Waals surface area contributed by atoms with E-state index in [9.17, 15) is 14.4 Å². The number of rotatable bonds is 8. The van der Waals surface area contributed by atoms with Gasteiger partial charge >= 0.3 is 12.0 Å². The summed E-state index contributed by atoms with van der Waals surface area (Å²) in [6.07, 6.45) is 0.569. The number of carbonyl (C=O) groups excluding carboxylic acids is 2. The quantitative estimate of drug-likeness (QED) is 0.552. The fraction of sp³-hybridized carbons (Fsp3) is 0.417. The van der Waals surface area contributed by atoms with Crippen molar-refractivity contribution in [3.8, 4) is 0 Å². The first kappa shape index (κ1) is 16.0. The molecule has 7 nitrogen and oxygen atoms in total. The van der Waals surface area contributed by atoms with E-state index < -0.39 is 23.9 Å². The number of amides is 3. The highest BCUT2D eigenvalue weighted by atomic mass is 32.1. The molecule has 0 aliphatic heterocycles. The van der Waals surface area contributed by atoms with Crippen LogP contribution in [0.25, 0.3) is 0 Å². The highest BCUT2D eigenvalue weighted by molar-refractivity contribution is 7.09. The van der Waals surface area contributed by atoms with Gasteiger partial charge in [0, 0.05) is 17.8 Å². The van der Waals surface area contributed by atoms with E-state index in [1.165, 1.54) is 0 Å². The standard InChI is InChI=1S/C12H17N3O4S/c13-10(16)4-3-9(11(17)18)15-12(19)14-6-5-8-2-1-7-20-8/h1-2,7,9H,3-6H2,(H2,13,16)(H,17,18)(H2,14,15,19)/t9-/m1/s1. The average Bonchev–Trinajstić information content (AvgIpc) is 2.87. The maximum atomic E-state index is 11.5. The normalized spacial score (nSPS) is 11.6. The van der Waals surface area contributed by atoms with E-state index in [1.807, 2.05) is 17.5 Å². The van der Waals surface area contributed by atoms with E-state index >= 15 is 0 Å². The second-order valence-corrected chi connectivity index (χ2v) is 5.16. The first-order valence-electron chi connectivity index (χ1n) is 6.07. The maximum absolute atomic E-state index is 11.5. The molecule has 1 rings (SSSR count). The van der Waals surface area contributed by atoms with Crippen LogP contribution in [0.5, 0.6) is 0 Å². The molecule has 0 unspecified atom stereocenters. The minimum Gasteiger partial charge on any atom is -0.480 e. The van der Waals surface area contributed by atoms with Crippen molar-refractivity contribution in [1.82, 2.24) is 10.6 Å². The predicted octanol–water partition coefficient (Wildman–Crippen LogP) is 0.308. The number of hydrogen-bond acceptors (Lipinski definition) is 4. The molecule has 1 heterocycles. The summed E-state index contributed by atoms with van der Waals surface area (Å²) >= 11 is 1.59. The lowest BCUT2D eigenvalue weighted by atomic mass is 10.1. The summed E-state index contributed by atoms with van der Waals surface area (Å²) in [6.45, 7) is 0.411. The van der Waals surface area contributed by atoms with Crippen molar-refractivity contribution < 1.29 is 19.5 Å². The zero-order valence-electron chi connectivity index (χ0n) is 10.8. The summed E-state index contributed by atoms with van der Waals surface area (Å²) in [6, 6.07) is 2.18. The molecule has 0 bridgehead atoms. The highest BCUT2D eigenvalue weighted by Crippen LogP contribution is 2.08. The van der Waals surface area contributed by atoms with Gasteiger partial charge in [0.15, 0.2) is 0 Å². The molecule has 1 aromatic heterocycles. The molecule has 110 valence electrons. The van der Waals surface area contributed by atoms with Gasteiger partial charge in [0.05, 0.1) is 0 Å². The first-order valence-corrected chi connectivity index (χ1v) is 6.95. The van der Waals surface area contributed by atoms with Gasteiger partial charge in [-0.1, -0.05) is 6.07 Å². The Morgan fingerprint density at radius 1 is 1.40 bits per heavy atom. The van der Waals surface area contributed by atoms with Gasteiger partial charge in [-0.2, -0.15) is 0 Å². The number of aliphatic carboxylic acids is 1. The van der Waals surface area contributed by atoms with Crippen molar-refractivity contribution in [3.63, 3.8) is 0 Å². The van der Waals surface area contributed by atoms with Crippen molar-refractivity contribution in [2.24, 2.45) is 5.73 Å². The summed E-state index contributed by atoms with van der Waals surface area (Å²) in [5, 5.41) is 15.7. The first-order chi connectivity index (χ1) is 9.49. The Hall–Kier alpha value is -2.09. The molecule has 0 aliphatic rings. The Morgan fingerprint density at radius 3 is 2.70 bits per heavy atom. The second kappa shape index (κ2) is 8.16. The van der Waals surface area contributed by atoms with Gasteiger partial charge in [0.25, 0.3) is 0 Å². The summed E-state index contributed by atoms with van der Waals surface area (Å²) in [7, 11) is 0. The lowest BCUT2D eigenvalue weighted by Gasteiger charge is -2.14. The molecule has 0 spiro atoms. The SMILES string of the molecule is NC(=O)CC[C@@H](NC(=O)NCCc1cccs1)C(=O)O. The van der Waals surface area contributed by atoms with Crippen LogP contribution in [0.2, 0.25) is 0 Å². The lowest BCUT2D eigenvalue weighted by Crippen LogP contribution is -2.46. The fourth-order valence-electron chi connectivity index (χ4n) is 1.51. The van der Waals surface area contributed by atoms with Crippen molar-refractivity contribution in [3.05, 3.63) is 22.4 Å². The smallest absolute Gasteiger partial charge is 0.326 e. The van der Waals surface area contributed by atoms with Crippen LogP contribution in [0.4, 0.5) is 4.79 Å². The molecule has 0 aromatic carbocycles. The number of nitrogens with one attached hydrogen (secondary N) is 2. The van der Waals surface area contributed by atoms with Gasteiger partial charge in [0.2, 0.25) is 5.91 Å². The Kier molecular flexibility index (Phi) is 6.51. The summed E-state index contributed by atoms with van der Waals surface area (Å²) in [4.78, 5) is 34.2. The highest BCUT2D eigenvalue weighted by Gasteiger charge is 2.20. The van der Waals surface area contributed by atoms with E-state index in [0.29, 0.717) is 13.0 Å². The van der Waals surface area contributed by atoms with Crippen molar-refractivity contribution >= 4 is 29.2 Å². The largest absolute Gasteiger partial charge is 0.480 e. The molecule has 0 saturated heterocycles. The third-order valence-electron chi connectivity index (χ3n) is 2.52. The maximum Gasteiger partial charge on any atom is 0.326 e. The van der Waals surface area contributed by atoms with Gasteiger partial charge in [-0.05, 0) is 24.3 Å². The molecule has 3 amide bonds. The summed E-state index contributed by atoms with van der Waals surface area (Å²) < 4.78 is 0. The molecule has 5 N–H and O–H groups in total. The minimum absolute atomic E-state index is 0.0248. The van der Waals surface area contributed by atoms with E-state index in [2.05, 4.69) is 10.6 Å². The van der Waals surface area contributed by atoms with Crippen molar-refractivity contribution in [2.75, 3.05) is 6.54 Å². The van der Waals surface area contributed by atoms with Crippen molar-refractivity contribution in [1.29, 1.82) is 0 Å². The molecule has 20 heavy (non-hydrogen) atoms. The van der Waals surface area contributed by atoms with E-state index in [-0.39, 0.29) is 12.8 Å². The average molecular weight is 299 g/mol. The Balaban J connectivity index is 2.30. The van der Waals surface area contributed by atoms with Crippen LogP contribution >= 0.6 is 11.3 Å². The topological polar surface area (TPSA) is 122 Å². The second-order valence-electron chi connectivity index (χ2n) is 4.13. The van der Waals surface area contributed by atoms with Crippen LogP contribution in [0.15, 0.2) is 17.5 Å². The molecular weight excluding hydrogens is 282 g/mol. The van der Waals surface area contributed by atoms with Gasteiger partial charge in [0.1, 0.15) is 6.04 Å². The third kappa shape index (κ3) is 6.19. The lowest BCUT2D eigenvalue weighted by molar-refractivity contribution is -0.139. The Bertz CT molecular complexity index is 461. The van der Waals surface area contributed by atoms with Crippen LogP contribution in [0, 0.1) is 0 Å². The number of urea groups is 1. The molecule has 1 aromatic rings. The van der Waals surface area contributed by atoms with E-state index in [4.69, 9.17) is 10.8 Å². The third-order valence-corrected chi connectivity index (χ3v) is 3.46. The van der Waals surface area contributed by atoms with Gasteiger partial charge in [-0.25, -0.2) is 9.59 Å². The number of primary amides is 1. The van der Waals surface area contributed by atoms with Crippen LogP contribution in [0.1, 0.15) is 17.7 Å². The number of carbonyl (C=O) groups is 3. The molecule has 0 radical (unpaired) electrons. The van der Waals surface area contributed by atoms with Gasteiger partial charge in [-0.15, -0.1) is 11.3 Å². The number of hydrogen-bond donors (Lipinski definition) is 4. The molecule has 8 heteroatoms. The zero-order valence-corrected chi connectivity index (χ0v) is 11.6. The molecule has 0 fully saturated rings. The van der Waals surface area contributed by atoms with Crippen LogP contribution in [-0.4, -0.2) is 35.6 Å². The van der Waals surface area contributed by atoms with E-state index in [1.54, 1.807) is 11.3 Å². The minimum atomic E-state index is -1.19. The number of carboxylic acids is 1. The Labute approximate surface area is 120 Å². The van der Waals surface area contributed by atoms with Crippen molar-refractivity contribution in [2.45, 2.75) is 25.3 Å². The number of nitrogens with two attached hydrogens (primary N) is 1. The molecule has 1 atom stereocenters. The Morgan fingerprint density at radius 2 is 2.15 bits per heavy atom. The van der Waals surface area contributed by atoms with Crippen LogP contribution < -0.4 is 16.4 Å². The number of thiophene rings is 1. The predicted molar refractivity (Wildman–Crippen MR) is 74.4 cm³/mol.